The smallest absolute Gasteiger partial charge is 0.237 e. The third-order valence-electron chi connectivity index (χ3n) is 6.19. The van der Waals surface area contributed by atoms with Crippen LogP contribution in [0, 0.1) is 0 Å². The van der Waals surface area contributed by atoms with Crippen molar-refractivity contribution >= 4 is 28.5 Å². The van der Waals surface area contributed by atoms with Gasteiger partial charge in [-0.15, -0.1) is 0 Å². The number of nitrogens with one attached hydrogen (secondary N) is 2. The van der Waals surface area contributed by atoms with Gasteiger partial charge in [-0.1, -0.05) is 0 Å². The number of hydrogen-bond acceptors (Lipinski definition) is 9. The Hall–Kier alpha value is -4.05. The number of pyridine rings is 1. The molecule has 0 spiro atoms. The molecule has 6 rings (SSSR count). The highest BCUT2D eigenvalue weighted by molar-refractivity contribution is 5.77. The van der Waals surface area contributed by atoms with Crippen molar-refractivity contribution in [2.24, 2.45) is 5.73 Å². The van der Waals surface area contributed by atoms with E-state index in [0.29, 0.717) is 18.3 Å². The minimum atomic E-state index is 0.197. The molecule has 0 bridgehead atoms. The van der Waals surface area contributed by atoms with Gasteiger partial charge in [-0.05, 0) is 24.6 Å². The van der Waals surface area contributed by atoms with E-state index in [9.17, 15) is 0 Å². The first-order valence-electron chi connectivity index (χ1n) is 11.3. The molecule has 0 amide bonds. The maximum Gasteiger partial charge on any atom is 0.237 e. The molecule has 10 nitrogen and oxygen atoms in total. The van der Waals surface area contributed by atoms with Gasteiger partial charge in [0.2, 0.25) is 5.88 Å². The van der Waals surface area contributed by atoms with Crippen LogP contribution in [0.4, 0.5) is 22.9 Å². The van der Waals surface area contributed by atoms with Crippen LogP contribution in [0.2, 0.25) is 0 Å². The van der Waals surface area contributed by atoms with E-state index >= 15 is 0 Å². The lowest BCUT2D eigenvalue weighted by Gasteiger charge is -2.21. The van der Waals surface area contributed by atoms with E-state index < -0.39 is 0 Å². The lowest BCUT2D eigenvalue weighted by Crippen LogP contribution is -2.26. The van der Waals surface area contributed by atoms with Crippen molar-refractivity contribution in [3.63, 3.8) is 0 Å². The number of methoxy groups -OCH3 is 1. The summed E-state index contributed by atoms with van der Waals surface area (Å²) in [6.45, 7) is 3.12. The van der Waals surface area contributed by atoms with Crippen LogP contribution in [0.25, 0.3) is 16.9 Å². The zero-order valence-corrected chi connectivity index (χ0v) is 18.9. The molecule has 174 valence electrons. The van der Waals surface area contributed by atoms with E-state index in [2.05, 4.69) is 31.6 Å². The zero-order chi connectivity index (χ0) is 23.1. The summed E-state index contributed by atoms with van der Waals surface area (Å²) in [6, 6.07) is 8.27. The molecule has 0 aliphatic carbocycles. The van der Waals surface area contributed by atoms with E-state index in [-0.39, 0.29) is 6.04 Å². The van der Waals surface area contributed by atoms with Crippen LogP contribution in [0.15, 0.2) is 49.1 Å². The van der Waals surface area contributed by atoms with Crippen LogP contribution in [-0.4, -0.2) is 58.7 Å². The molecule has 4 aromatic rings. The predicted octanol–water partition coefficient (Wildman–Crippen LogP) is 2.89. The molecule has 4 N–H and O–H groups in total. The number of nitrogens with zero attached hydrogens (tertiary/aromatic N) is 5. The van der Waals surface area contributed by atoms with E-state index in [1.54, 1.807) is 19.5 Å². The third-order valence-corrected chi connectivity index (χ3v) is 6.19. The predicted molar refractivity (Wildman–Crippen MR) is 131 cm³/mol. The van der Waals surface area contributed by atoms with Gasteiger partial charge in [0, 0.05) is 67.8 Å². The molecule has 2 aliphatic heterocycles. The Morgan fingerprint density at radius 1 is 1.26 bits per heavy atom. The SMILES string of the molecule is COc1cc(Nc2nc(-c3cnc4c(c3)NCCO4)cn3ccnc23)ccc1N1CCC(N)C1. The number of fused-ring (bicyclic) bond motifs is 2. The molecule has 1 unspecified atom stereocenters. The minimum absolute atomic E-state index is 0.197. The van der Waals surface area contributed by atoms with Crippen LogP contribution in [0.1, 0.15) is 6.42 Å². The lowest BCUT2D eigenvalue weighted by molar-refractivity contribution is 0.310. The van der Waals surface area contributed by atoms with Gasteiger partial charge in [-0.2, -0.15) is 0 Å². The van der Waals surface area contributed by atoms with Crippen molar-refractivity contribution in [3.05, 3.63) is 49.1 Å². The largest absolute Gasteiger partial charge is 0.495 e. The van der Waals surface area contributed by atoms with Gasteiger partial charge < -0.3 is 35.1 Å². The quantitative estimate of drug-likeness (QED) is 0.415. The minimum Gasteiger partial charge on any atom is -0.495 e. The van der Waals surface area contributed by atoms with E-state index in [1.165, 1.54) is 0 Å². The highest BCUT2D eigenvalue weighted by Gasteiger charge is 2.22. The van der Waals surface area contributed by atoms with Gasteiger partial charge in [0.05, 0.1) is 24.2 Å². The van der Waals surface area contributed by atoms with Crippen LogP contribution < -0.4 is 30.7 Å². The van der Waals surface area contributed by atoms with Crippen molar-refractivity contribution in [2.75, 3.05) is 48.9 Å². The maximum absolute atomic E-state index is 6.10. The van der Waals surface area contributed by atoms with Gasteiger partial charge in [0.15, 0.2) is 11.5 Å². The van der Waals surface area contributed by atoms with Gasteiger partial charge >= 0.3 is 0 Å². The number of hydrogen-bond donors (Lipinski definition) is 3. The second-order valence-electron chi connectivity index (χ2n) is 8.49. The van der Waals surface area contributed by atoms with Crippen molar-refractivity contribution < 1.29 is 9.47 Å². The lowest BCUT2D eigenvalue weighted by atomic mass is 10.2. The Morgan fingerprint density at radius 2 is 2.21 bits per heavy atom. The molecule has 0 radical (unpaired) electrons. The van der Waals surface area contributed by atoms with Gasteiger partial charge in [-0.25, -0.2) is 15.0 Å². The molecule has 1 fully saturated rings. The number of rotatable bonds is 5. The Morgan fingerprint density at radius 3 is 3.06 bits per heavy atom. The van der Waals surface area contributed by atoms with Crippen molar-refractivity contribution in [1.82, 2.24) is 19.4 Å². The van der Waals surface area contributed by atoms with Crippen molar-refractivity contribution in [2.45, 2.75) is 12.5 Å². The molecule has 0 saturated carbocycles. The summed E-state index contributed by atoms with van der Waals surface area (Å²) in [7, 11) is 1.69. The fraction of sp³-hybridized carbons (Fsp3) is 0.292. The Labute approximate surface area is 196 Å². The second kappa shape index (κ2) is 8.38. The summed E-state index contributed by atoms with van der Waals surface area (Å²) < 4.78 is 13.3. The van der Waals surface area contributed by atoms with Gasteiger partial charge in [0.25, 0.3) is 0 Å². The second-order valence-corrected chi connectivity index (χ2v) is 8.49. The van der Waals surface area contributed by atoms with E-state index in [4.69, 9.17) is 20.2 Å². The van der Waals surface area contributed by atoms with Crippen LogP contribution in [-0.2, 0) is 0 Å². The average molecular weight is 459 g/mol. The summed E-state index contributed by atoms with van der Waals surface area (Å²) in [5, 5.41) is 6.76. The molecular formula is C24H26N8O2. The number of ether oxygens (including phenoxy) is 2. The highest BCUT2D eigenvalue weighted by Crippen LogP contribution is 2.35. The Bertz CT molecular complexity index is 1350. The monoisotopic (exact) mass is 458 g/mol. The Kier molecular flexibility index (Phi) is 5.06. The van der Waals surface area contributed by atoms with Crippen LogP contribution >= 0.6 is 0 Å². The third kappa shape index (κ3) is 3.71. The number of benzene rings is 1. The van der Waals surface area contributed by atoms with Gasteiger partial charge in [0.1, 0.15) is 12.4 Å². The van der Waals surface area contributed by atoms with Crippen LogP contribution in [0.3, 0.4) is 0 Å². The molecule has 34 heavy (non-hydrogen) atoms. The number of aromatic nitrogens is 4. The summed E-state index contributed by atoms with van der Waals surface area (Å²) in [5.74, 6) is 2.05. The number of nitrogens with two attached hydrogens (primary N) is 1. The summed E-state index contributed by atoms with van der Waals surface area (Å²) in [5.41, 5.74) is 11.3. The average Bonchev–Trinajstić information content (AvgIpc) is 3.52. The van der Waals surface area contributed by atoms with Gasteiger partial charge in [-0.3, -0.25) is 0 Å². The molecule has 1 aromatic carbocycles. The summed E-state index contributed by atoms with van der Waals surface area (Å²) in [4.78, 5) is 16.1. The zero-order valence-electron chi connectivity index (χ0n) is 18.9. The highest BCUT2D eigenvalue weighted by atomic mass is 16.5. The molecular weight excluding hydrogens is 432 g/mol. The van der Waals surface area contributed by atoms with E-state index in [1.807, 2.05) is 35.0 Å². The molecule has 3 aromatic heterocycles. The normalized spacial score (nSPS) is 17.2. The first-order chi connectivity index (χ1) is 16.7. The topological polar surface area (TPSA) is 115 Å². The number of anilines is 4. The maximum atomic E-state index is 6.10. The summed E-state index contributed by atoms with van der Waals surface area (Å²) in [6.07, 6.45) is 8.36. The van der Waals surface area contributed by atoms with Crippen molar-refractivity contribution in [1.29, 1.82) is 0 Å². The van der Waals surface area contributed by atoms with E-state index in [0.717, 1.165) is 65.8 Å². The summed E-state index contributed by atoms with van der Waals surface area (Å²) >= 11 is 0. The molecule has 1 atom stereocenters. The number of imidazole rings is 1. The van der Waals surface area contributed by atoms with Crippen molar-refractivity contribution in [3.8, 4) is 22.9 Å². The standard InChI is InChI=1S/C24H26N8O2/c1-33-21-11-17(2-3-20(21)31-7-4-16(25)13-31)29-22-23-27-5-8-32(23)14-19(30-22)15-10-18-24(28-12-15)34-9-6-26-18/h2-3,5,8,10-12,14,16,26H,4,6-7,9,13,25H2,1H3,(H,29,30). The first-order valence-corrected chi connectivity index (χ1v) is 11.3. The Balaban J connectivity index is 1.35. The first kappa shape index (κ1) is 20.5. The molecule has 10 heteroatoms. The molecule has 1 saturated heterocycles. The fourth-order valence-electron chi connectivity index (χ4n) is 4.48. The fourth-order valence-corrected chi connectivity index (χ4v) is 4.48. The van der Waals surface area contributed by atoms with Crippen LogP contribution in [0.5, 0.6) is 11.6 Å². The molecule has 5 heterocycles. The molecule has 2 aliphatic rings.